The van der Waals surface area contributed by atoms with Gasteiger partial charge < -0.3 is 5.73 Å². The van der Waals surface area contributed by atoms with Gasteiger partial charge in [-0.25, -0.2) is 12.8 Å². The number of sulfonamides is 1. The summed E-state index contributed by atoms with van der Waals surface area (Å²) in [7, 11) is -3.99. The van der Waals surface area contributed by atoms with Gasteiger partial charge in [0, 0.05) is 10.6 Å². The molecule has 0 aromatic heterocycles. The number of thioether (sulfide) groups is 1. The Morgan fingerprint density at radius 3 is 2.55 bits per heavy atom. The van der Waals surface area contributed by atoms with Gasteiger partial charge in [0.2, 0.25) is 0 Å². The van der Waals surface area contributed by atoms with Crippen LogP contribution in [0.3, 0.4) is 0 Å². The molecule has 0 amide bonds. The Balaban J connectivity index is 2.41. The first-order valence-electron chi connectivity index (χ1n) is 5.65. The average molecular weight is 312 g/mol. The van der Waals surface area contributed by atoms with E-state index < -0.39 is 20.7 Å². The maximum absolute atomic E-state index is 13.7. The van der Waals surface area contributed by atoms with Crippen LogP contribution in [0.15, 0.2) is 52.3 Å². The van der Waals surface area contributed by atoms with E-state index in [1.165, 1.54) is 17.8 Å². The molecule has 2 aromatic carbocycles. The number of halogens is 1. The molecule has 4 nitrogen and oxygen atoms in total. The zero-order valence-corrected chi connectivity index (χ0v) is 12.3. The number of hydrogen-bond acceptors (Lipinski definition) is 4. The first kappa shape index (κ1) is 14.7. The van der Waals surface area contributed by atoms with E-state index in [4.69, 9.17) is 5.73 Å². The molecule has 0 spiro atoms. The quantitative estimate of drug-likeness (QED) is 0.672. The van der Waals surface area contributed by atoms with E-state index in [-0.39, 0.29) is 5.69 Å². The molecule has 106 valence electrons. The SMILES string of the molecule is CSc1ccccc1NS(=O)(=O)c1ccc(N)cc1F. The Kier molecular flexibility index (Phi) is 4.20. The Hall–Kier alpha value is -1.73. The van der Waals surface area contributed by atoms with Crippen molar-refractivity contribution >= 4 is 33.2 Å². The third kappa shape index (κ3) is 3.05. The second kappa shape index (κ2) is 5.72. The van der Waals surface area contributed by atoms with Crippen LogP contribution < -0.4 is 10.5 Å². The van der Waals surface area contributed by atoms with E-state index in [0.717, 1.165) is 17.0 Å². The van der Waals surface area contributed by atoms with Crippen LogP contribution in [0.25, 0.3) is 0 Å². The van der Waals surface area contributed by atoms with Crippen molar-refractivity contribution in [3.05, 3.63) is 48.3 Å². The number of rotatable bonds is 4. The van der Waals surface area contributed by atoms with Gasteiger partial charge in [0.15, 0.2) is 0 Å². The summed E-state index contributed by atoms with van der Waals surface area (Å²) in [5.74, 6) is -0.876. The van der Waals surface area contributed by atoms with Gasteiger partial charge in [-0.2, -0.15) is 0 Å². The molecule has 7 heteroatoms. The van der Waals surface area contributed by atoms with Crippen LogP contribution in [-0.4, -0.2) is 14.7 Å². The van der Waals surface area contributed by atoms with Crippen molar-refractivity contribution in [3.8, 4) is 0 Å². The van der Waals surface area contributed by atoms with Gasteiger partial charge in [0.1, 0.15) is 10.7 Å². The average Bonchev–Trinajstić information content (AvgIpc) is 2.38. The highest BCUT2D eigenvalue weighted by atomic mass is 32.2. The molecule has 0 aliphatic rings. The fourth-order valence-corrected chi connectivity index (χ4v) is 3.42. The van der Waals surface area contributed by atoms with Crippen LogP contribution in [-0.2, 0) is 10.0 Å². The number of nitrogens with one attached hydrogen (secondary N) is 1. The Bertz CT molecular complexity index is 733. The molecule has 0 heterocycles. The molecule has 0 radical (unpaired) electrons. The van der Waals surface area contributed by atoms with E-state index in [2.05, 4.69) is 4.72 Å². The fourth-order valence-electron chi connectivity index (χ4n) is 1.66. The highest BCUT2D eigenvalue weighted by Crippen LogP contribution is 2.27. The minimum absolute atomic E-state index is 0.172. The zero-order chi connectivity index (χ0) is 14.8. The molecule has 0 atom stereocenters. The number of benzene rings is 2. The number of para-hydroxylation sites is 1. The van der Waals surface area contributed by atoms with Crippen molar-refractivity contribution in [2.24, 2.45) is 0 Å². The summed E-state index contributed by atoms with van der Waals surface area (Å²) in [5, 5.41) is 0. The molecule has 0 fully saturated rings. The lowest BCUT2D eigenvalue weighted by atomic mass is 10.3. The van der Waals surface area contributed by atoms with Crippen molar-refractivity contribution in [2.75, 3.05) is 16.7 Å². The van der Waals surface area contributed by atoms with E-state index in [1.807, 2.05) is 6.26 Å². The third-order valence-electron chi connectivity index (χ3n) is 2.60. The van der Waals surface area contributed by atoms with Crippen LogP contribution in [0.2, 0.25) is 0 Å². The molecule has 0 aliphatic carbocycles. The van der Waals surface area contributed by atoms with Crippen molar-refractivity contribution in [1.82, 2.24) is 0 Å². The van der Waals surface area contributed by atoms with Crippen molar-refractivity contribution in [3.63, 3.8) is 0 Å². The van der Waals surface area contributed by atoms with Gasteiger partial charge in [0.25, 0.3) is 10.0 Å². The Morgan fingerprint density at radius 2 is 1.90 bits per heavy atom. The van der Waals surface area contributed by atoms with Crippen LogP contribution in [0, 0.1) is 5.82 Å². The summed E-state index contributed by atoms with van der Waals surface area (Å²) in [6.45, 7) is 0. The minimum Gasteiger partial charge on any atom is -0.399 e. The molecular formula is C13H13FN2O2S2. The normalized spacial score (nSPS) is 11.3. The Morgan fingerprint density at radius 1 is 1.20 bits per heavy atom. The molecule has 0 saturated heterocycles. The van der Waals surface area contributed by atoms with Gasteiger partial charge in [-0.15, -0.1) is 11.8 Å². The van der Waals surface area contributed by atoms with Crippen molar-refractivity contribution < 1.29 is 12.8 Å². The maximum Gasteiger partial charge on any atom is 0.264 e. The van der Waals surface area contributed by atoms with Gasteiger partial charge in [-0.3, -0.25) is 4.72 Å². The topological polar surface area (TPSA) is 72.2 Å². The first-order chi connectivity index (χ1) is 9.44. The summed E-state index contributed by atoms with van der Waals surface area (Å²) in [5.41, 5.74) is 6.00. The molecule has 0 saturated carbocycles. The smallest absolute Gasteiger partial charge is 0.264 e. The molecular weight excluding hydrogens is 299 g/mol. The second-order valence-corrected chi connectivity index (χ2v) is 6.49. The van der Waals surface area contributed by atoms with E-state index in [9.17, 15) is 12.8 Å². The van der Waals surface area contributed by atoms with Crippen LogP contribution in [0.4, 0.5) is 15.8 Å². The summed E-state index contributed by atoms with van der Waals surface area (Å²) in [4.78, 5) is 0.328. The molecule has 20 heavy (non-hydrogen) atoms. The predicted molar refractivity (Wildman–Crippen MR) is 79.8 cm³/mol. The first-order valence-corrected chi connectivity index (χ1v) is 8.35. The van der Waals surface area contributed by atoms with Crippen molar-refractivity contribution in [2.45, 2.75) is 9.79 Å². The summed E-state index contributed by atoms with van der Waals surface area (Å²) in [6, 6.07) is 10.4. The van der Waals surface area contributed by atoms with Crippen molar-refractivity contribution in [1.29, 1.82) is 0 Å². The number of nitrogen functional groups attached to an aromatic ring is 1. The Labute approximate surface area is 121 Å². The fraction of sp³-hybridized carbons (Fsp3) is 0.0769. The summed E-state index contributed by atoms with van der Waals surface area (Å²) >= 11 is 1.40. The third-order valence-corrected chi connectivity index (χ3v) is 4.79. The predicted octanol–water partition coefficient (Wildman–Crippen LogP) is 2.93. The summed E-state index contributed by atoms with van der Waals surface area (Å²) < 4.78 is 40.5. The highest BCUT2D eigenvalue weighted by molar-refractivity contribution is 7.99. The standard InChI is InChI=1S/C13H13FN2O2S2/c1-19-12-5-3-2-4-11(12)16-20(17,18)13-7-6-9(15)8-10(13)14/h2-8,16H,15H2,1H3. The molecule has 0 aliphatic heterocycles. The zero-order valence-electron chi connectivity index (χ0n) is 10.6. The van der Waals surface area contributed by atoms with Gasteiger partial charge in [0.05, 0.1) is 5.69 Å². The van der Waals surface area contributed by atoms with Crippen LogP contribution >= 0.6 is 11.8 Å². The van der Waals surface area contributed by atoms with Gasteiger partial charge >= 0.3 is 0 Å². The van der Waals surface area contributed by atoms with Gasteiger partial charge in [-0.05, 0) is 36.6 Å². The molecule has 0 bridgehead atoms. The largest absolute Gasteiger partial charge is 0.399 e. The maximum atomic E-state index is 13.7. The number of nitrogens with two attached hydrogens (primary N) is 1. The van der Waals surface area contributed by atoms with Crippen LogP contribution in [0.5, 0.6) is 0 Å². The number of anilines is 2. The van der Waals surface area contributed by atoms with E-state index >= 15 is 0 Å². The second-order valence-electron chi connectivity index (χ2n) is 4.00. The summed E-state index contributed by atoms with van der Waals surface area (Å²) in [6.07, 6.45) is 1.83. The number of hydrogen-bond donors (Lipinski definition) is 2. The lowest BCUT2D eigenvalue weighted by Crippen LogP contribution is -2.15. The van der Waals surface area contributed by atoms with Crippen LogP contribution in [0.1, 0.15) is 0 Å². The minimum atomic E-state index is -3.99. The van der Waals surface area contributed by atoms with Gasteiger partial charge in [-0.1, -0.05) is 12.1 Å². The molecule has 0 unspecified atom stereocenters. The molecule has 2 rings (SSSR count). The van der Waals surface area contributed by atoms with E-state index in [0.29, 0.717) is 5.69 Å². The van der Waals surface area contributed by atoms with E-state index in [1.54, 1.807) is 24.3 Å². The monoisotopic (exact) mass is 312 g/mol. The molecule has 2 aromatic rings. The molecule has 3 N–H and O–H groups in total. The highest BCUT2D eigenvalue weighted by Gasteiger charge is 2.20. The lowest BCUT2D eigenvalue weighted by molar-refractivity contribution is 0.571. The lowest BCUT2D eigenvalue weighted by Gasteiger charge is -2.11.